The van der Waals surface area contributed by atoms with Crippen molar-refractivity contribution < 1.29 is 0 Å². The maximum Gasteiger partial charge on any atom is 0.175 e. The number of fused-ring (bicyclic) bond motifs is 1. The van der Waals surface area contributed by atoms with Crippen LogP contribution in [0.2, 0.25) is 0 Å². The second-order valence-electron chi connectivity index (χ2n) is 5.29. The lowest BCUT2D eigenvalue weighted by Gasteiger charge is -2.14. The van der Waals surface area contributed by atoms with Crippen molar-refractivity contribution in [1.29, 1.82) is 0 Å². The summed E-state index contributed by atoms with van der Waals surface area (Å²) < 4.78 is 3.45. The number of nitrogens with one attached hydrogen (secondary N) is 3. The zero-order chi connectivity index (χ0) is 15.9. The minimum atomic E-state index is 0.346. The Morgan fingerprint density at radius 2 is 2.22 bits per heavy atom. The molecule has 2 aromatic heterocycles. The van der Waals surface area contributed by atoms with Gasteiger partial charge in [-0.2, -0.15) is 5.21 Å². The standard InChI is InChI=1S/C15H19N7S/c1-11(9-16-7-5-15-18-21-22-19-15)20-23-14-3-2-13-10-17-6-4-12(13)8-14/h2-4,6,8,10-11,16,20H,5,7,9H2,1H3,(H,18,19,21,22)/t11-/m1/s1. The predicted molar refractivity (Wildman–Crippen MR) is 90.9 cm³/mol. The first-order chi connectivity index (χ1) is 11.3. The number of nitrogens with zero attached hydrogens (tertiary/aromatic N) is 4. The van der Waals surface area contributed by atoms with E-state index in [1.54, 1.807) is 11.9 Å². The number of hydrogen-bond donors (Lipinski definition) is 3. The van der Waals surface area contributed by atoms with Crippen molar-refractivity contribution in [3.63, 3.8) is 0 Å². The molecule has 3 rings (SSSR count). The smallest absolute Gasteiger partial charge is 0.175 e. The Bertz CT molecular complexity index is 732. The van der Waals surface area contributed by atoms with Gasteiger partial charge in [-0.05, 0) is 42.5 Å². The van der Waals surface area contributed by atoms with Gasteiger partial charge in [0.15, 0.2) is 5.82 Å². The van der Waals surface area contributed by atoms with E-state index in [4.69, 9.17) is 0 Å². The molecule has 0 aliphatic carbocycles. The summed E-state index contributed by atoms with van der Waals surface area (Å²) in [5.74, 6) is 0.734. The van der Waals surface area contributed by atoms with Crippen LogP contribution in [-0.2, 0) is 6.42 Å². The lowest BCUT2D eigenvalue weighted by atomic mass is 10.2. The highest BCUT2D eigenvalue weighted by atomic mass is 32.2. The van der Waals surface area contributed by atoms with Gasteiger partial charge in [0.05, 0.1) is 0 Å². The largest absolute Gasteiger partial charge is 0.315 e. The van der Waals surface area contributed by atoms with Gasteiger partial charge < -0.3 is 5.32 Å². The van der Waals surface area contributed by atoms with Crippen LogP contribution in [0.3, 0.4) is 0 Å². The van der Waals surface area contributed by atoms with Crippen LogP contribution >= 0.6 is 11.9 Å². The van der Waals surface area contributed by atoms with Gasteiger partial charge in [0.25, 0.3) is 0 Å². The average Bonchev–Trinajstić information content (AvgIpc) is 3.10. The van der Waals surface area contributed by atoms with Crippen molar-refractivity contribution in [2.24, 2.45) is 0 Å². The molecule has 120 valence electrons. The molecule has 0 aliphatic heterocycles. The van der Waals surface area contributed by atoms with Gasteiger partial charge in [0.2, 0.25) is 0 Å². The van der Waals surface area contributed by atoms with Crippen LogP contribution in [0, 0.1) is 0 Å². The van der Waals surface area contributed by atoms with E-state index >= 15 is 0 Å². The topological polar surface area (TPSA) is 91.4 Å². The Hall–Kier alpha value is -2.03. The predicted octanol–water partition coefficient (Wildman–Crippen LogP) is 1.57. The molecule has 3 aromatic rings. The molecule has 2 heterocycles. The Morgan fingerprint density at radius 3 is 3.09 bits per heavy atom. The van der Waals surface area contributed by atoms with E-state index in [1.165, 1.54) is 10.3 Å². The summed E-state index contributed by atoms with van der Waals surface area (Å²) in [5.41, 5.74) is 0. The molecule has 1 aromatic carbocycles. The number of benzene rings is 1. The second-order valence-corrected chi connectivity index (χ2v) is 6.20. The molecule has 7 nitrogen and oxygen atoms in total. The van der Waals surface area contributed by atoms with E-state index in [1.807, 2.05) is 18.5 Å². The zero-order valence-corrected chi connectivity index (χ0v) is 13.7. The van der Waals surface area contributed by atoms with Gasteiger partial charge >= 0.3 is 0 Å². The lowest BCUT2D eigenvalue weighted by molar-refractivity contribution is 0.581. The van der Waals surface area contributed by atoms with Gasteiger partial charge in [-0.1, -0.05) is 11.3 Å². The molecule has 0 unspecified atom stereocenters. The van der Waals surface area contributed by atoms with Crippen LogP contribution in [0.4, 0.5) is 0 Å². The Morgan fingerprint density at radius 1 is 1.26 bits per heavy atom. The van der Waals surface area contributed by atoms with E-state index < -0.39 is 0 Å². The third-order valence-corrected chi connectivity index (χ3v) is 4.36. The first-order valence-electron chi connectivity index (χ1n) is 7.50. The number of tetrazole rings is 1. The Balaban J connectivity index is 1.40. The van der Waals surface area contributed by atoms with Crippen LogP contribution in [0.25, 0.3) is 10.8 Å². The van der Waals surface area contributed by atoms with Crippen molar-refractivity contribution in [3.05, 3.63) is 42.5 Å². The Kier molecular flexibility index (Phi) is 5.51. The first kappa shape index (κ1) is 15.9. The third kappa shape index (κ3) is 4.72. The van der Waals surface area contributed by atoms with Crippen LogP contribution in [0.15, 0.2) is 41.6 Å². The fourth-order valence-electron chi connectivity index (χ4n) is 2.14. The zero-order valence-electron chi connectivity index (χ0n) is 12.9. The van der Waals surface area contributed by atoms with E-state index in [9.17, 15) is 0 Å². The number of rotatable bonds is 8. The fourth-order valence-corrected chi connectivity index (χ4v) is 2.88. The second kappa shape index (κ2) is 8.00. The van der Waals surface area contributed by atoms with Crippen LogP contribution in [0.1, 0.15) is 12.7 Å². The summed E-state index contributed by atoms with van der Waals surface area (Å²) in [6.07, 6.45) is 4.48. The van der Waals surface area contributed by atoms with Crippen LogP contribution < -0.4 is 10.0 Å². The molecule has 0 saturated carbocycles. The maximum atomic E-state index is 4.13. The van der Waals surface area contributed by atoms with E-state index in [-0.39, 0.29) is 0 Å². The lowest BCUT2D eigenvalue weighted by Crippen LogP contribution is -2.33. The molecule has 0 saturated heterocycles. The summed E-state index contributed by atoms with van der Waals surface area (Å²) in [6, 6.07) is 8.75. The van der Waals surface area contributed by atoms with Crippen molar-refractivity contribution in [3.8, 4) is 0 Å². The summed E-state index contributed by atoms with van der Waals surface area (Å²) in [4.78, 5) is 5.33. The third-order valence-electron chi connectivity index (χ3n) is 3.36. The van der Waals surface area contributed by atoms with Gasteiger partial charge in [0, 0.05) is 48.2 Å². The number of aromatic amines is 1. The number of pyridine rings is 1. The molecular weight excluding hydrogens is 310 g/mol. The van der Waals surface area contributed by atoms with E-state index in [2.05, 4.69) is 60.8 Å². The van der Waals surface area contributed by atoms with Gasteiger partial charge in [-0.15, -0.1) is 10.2 Å². The van der Waals surface area contributed by atoms with Gasteiger partial charge in [-0.3, -0.25) is 9.71 Å². The highest BCUT2D eigenvalue weighted by Gasteiger charge is 2.04. The Labute approximate surface area is 138 Å². The first-order valence-corrected chi connectivity index (χ1v) is 8.32. The minimum absolute atomic E-state index is 0.346. The fraction of sp³-hybridized carbons (Fsp3) is 0.333. The normalized spacial score (nSPS) is 12.6. The highest BCUT2D eigenvalue weighted by molar-refractivity contribution is 7.97. The maximum absolute atomic E-state index is 4.13. The molecule has 8 heteroatoms. The van der Waals surface area contributed by atoms with E-state index in [0.717, 1.165) is 30.7 Å². The molecule has 23 heavy (non-hydrogen) atoms. The van der Waals surface area contributed by atoms with E-state index in [0.29, 0.717) is 6.04 Å². The molecule has 0 fully saturated rings. The molecule has 0 aliphatic rings. The van der Waals surface area contributed by atoms with Crippen LogP contribution in [0.5, 0.6) is 0 Å². The van der Waals surface area contributed by atoms with Crippen molar-refractivity contribution in [2.75, 3.05) is 13.1 Å². The molecular formula is C15H19N7S. The minimum Gasteiger partial charge on any atom is -0.315 e. The summed E-state index contributed by atoms with van der Waals surface area (Å²) in [7, 11) is 0. The number of hydrogen-bond acceptors (Lipinski definition) is 7. The molecule has 0 amide bonds. The van der Waals surface area contributed by atoms with Crippen molar-refractivity contribution in [2.45, 2.75) is 24.3 Å². The average molecular weight is 329 g/mol. The van der Waals surface area contributed by atoms with Gasteiger partial charge in [0.1, 0.15) is 0 Å². The molecule has 0 bridgehead atoms. The highest BCUT2D eigenvalue weighted by Crippen LogP contribution is 2.21. The SMILES string of the molecule is C[C@H](CNCCc1nn[nH]n1)NSc1ccc2cnccc2c1. The summed E-state index contributed by atoms with van der Waals surface area (Å²) in [5, 5.41) is 19.6. The van der Waals surface area contributed by atoms with Gasteiger partial charge in [-0.25, -0.2) is 0 Å². The monoisotopic (exact) mass is 329 g/mol. The van der Waals surface area contributed by atoms with Crippen molar-refractivity contribution >= 4 is 22.7 Å². The van der Waals surface area contributed by atoms with Crippen LogP contribution in [-0.4, -0.2) is 44.7 Å². The molecule has 0 spiro atoms. The quantitative estimate of drug-likeness (QED) is 0.427. The molecule has 3 N–H and O–H groups in total. The summed E-state index contributed by atoms with van der Waals surface area (Å²) in [6.45, 7) is 3.86. The summed E-state index contributed by atoms with van der Waals surface area (Å²) >= 11 is 1.65. The van der Waals surface area contributed by atoms with Crippen molar-refractivity contribution in [1.82, 2.24) is 35.6 Å². The number of aromatic nitrogens is 5. The molecule has 0 radical (unpaired) electrons. The number of H-pyrrole nitrogens is 1. The molecule has 1 atom stereocenters.